The van der Waals surface area contributed by atoms with Crippen LogP contribution in [0.1, 0.15) is 65.6 Å². The van der Waals surface area contributed by atoms with Gasteiger partial charge in [0, 0.05) is 79.0 Å². The normalized spacial score (nSPS) is 26.3. The van der Waals surface area contributed by atoms with Gasteiger partial charge in [-0.05, 0) is 55.2 Å². The molecule has 6 heterocycles. The van der Waals surface area contributed by atoms with Crippen LogP contribution in [0.15, 0.2) is 48.8 Å². The number of hydrogen-bond donors (Lipinski definition) is 1. The molecule has 4 aliphatic heterocycles. The van der Waals surface area contributed by atoms with Gasteiger partial charge in [0.05, 0.1) is 43.2 Å². The first-order valence-corrected chi connectivity index (χ1v) is 21.1. The van der Waals surface area contributed by atoms with E-state index in [1.54, 1.807) is 6.20 Å². The first-order chi connectivity index (χ1) is 25.4. The number of rotatable bonds is 6. The molecule has 0 amide bonds. The van der Waals surface area contributed by atoms with E-state index in [0.717, 1.165) is 74.3 Å². The molecule has 54 heavy (non-hydrogen) atoms. The number of halogens is 4. The van der Waals surface area contributed by atoms with Crippen molar-refractivity contribution in [1.29, 1.82) is 0 Å². The van der Waals surface area contributed by atoms with E-state index < -0.39 is 61.6 Å². The van der Waals surface area contributed by atoms with Crippen LogP contribution in [0.5, 0.6) is 0 Å². The van der Waals surface area contributed by atoms with Crippen molar-refractivity contribution in [3.8, 4) is 0 Å². The molecule has 19 heteroatoms. The van der Waals surface area contributed by atoms with Gasteiger partial charge >= 0.3 is 0 Å². The van der Waals surface area contributed by atoms with E-state index in [0.29, 0.717) is 51.5 Å². The molecular formula is C35H41F4N7O6S2. The van der Waals surface area contributed by atoms with Crippen molar-refractivity contribution in [1.82, 2.24) is 28.2 Å². The molecule has 0 radical (unpaired) electrons. The van der Waals surface area contributed by atoms with Crippen molar-refractivity contribution in [2.75, 3.05) is 25.7 Å². The highest BCUT2D eigenvalue weighted by Crippen LogP contribution is 2.38. The predicted molar refractivity (Wildman–Crippen MR) is 187 cm³/mol. The van der Waals surface area contributed by atoms with Crippen LogP contribution in [-0.2, 0) is 55.7 Å². The Hall–Kier alpha value is -3.72. The zero-order valence-corrected chi connectivity index (χ0v) is 31.4. The molecule has 2 fully saturated rings. The maximum atomic E-state index is 14.1. The Kier molecular flexibility index (Phi) is 10.5. The van der Waals surface area contributed by atoms with Crippen LogP contribution >= 0.6 is 0 Å². The Morgan fingerprint density at radius 3 is 1.56 bits per heavy atom. The van der Waals surface area contributed by atoms with Crippen LogP contribution in [0, 0.1) is 29.2 Å². The third kappa shape index (κ3) is 7.98. The molecule has 13 nitrogen and oxygen atoms in total. The fraction of sp³-hybridized carbons (Fsp3) is 0.486. The van der Waals surface area contributed by atoms with Gasteiger partial charge in [-0.3, -0.25) is 9.80 Å². The summed E-state index contributed by atoms with van der Waals surface area (Å²) in [6, 6.07) is 6.33. The number of nitrogens with two attached hydrogens (primary N) is 1. The van der Waals surface area contributed by atoms with Crippen molar-refractivity contribution >= 4 is 20.0 Å². The third-order valence-corrected chi connectivity index (χ3v) is 12.2. The lowest BCUT2D eigenvalue weighted by Crippen LogP contribution is -2.47. The summed E-state index contributed by atoms with van der Waals surface area (Å²) >= 11 is 0. The standard InChI is InChI=1S/C18H21F2N3O3S.C17H20F2N4O3S/c1-11-5-14(10-26-18(11)15-6-13(19)3-4-16(15)20)22-7-12-8-23(27(2,24)25)21-17(12)9-22;1-27(24,25)23-7-10-6-22(8-16(10)21-23)12-5-15(20)17(26-9-12)13-4-11(18)2-3-14(13)19/h3-4,6,8,11,14,18H,5,7,9-10H2,1-2H3;2-4,7,12,15,17H,5-6,8-9,20H2,1H3/t11-,14+,18-;12-,15+,17-/m01/s1. The molecule has 2 N–H and O–H groups in total. The molecule has 0 bridgehead atoms. The first kappa shape index (κ1) is 38.6. The fourth-order valence-corrected chi connectivity index (χ4v) is 8.83. The van der Waals surface area contributed by atoms with Gasteiger partial charge < -0.3 is 15.2 Å². The molecule has 8 rings (SSSR count). The van der Waals surface area contributed by atoms with Crippen molar-refractivity contribution in [3.05, 3.63) is 106 Å². The zero-order valence-electron chi connectivity index (χ0n) is 29.8. The molecule has 2 aromatic carbocycles. The van der Waals surface area contributed by atoms with Gasteiger partial charge in [0.2, 0.25) is 0 Å². The molecule has 6 atom stereocenters. The smallest absolute Gasteiger partial charge is 0.250 e. The van der Waals surface area contributed by atoms with Gasteiger partial charge in [0.15, 0.2) is 0 Å². The molecule has 0 aliphatic carbocycles. The summed E-state index contributed by atoms with van der Waals surface area (Å²) < 4.78 is 115. The molecule has 0 spiro atoms. The lowest BCUT2D eigenvalue weighted by molar-refractivity contribution is -0.0723. The van der Waals surface area contributed by atoms with Crippen LogP contribution in [0.3, 0.4) is 0 Å². The lowest BCUT2D eigenvalue weighted by Gasteiger charge is -2.38. The molecule has 2 saturated heterocycles. The van der Waals surface area contributed by atoms with E-state index >= 15 is 0 Å². The Bertz CT molecular complexity index is 2070. The first-order valence-electron chi connectivity index (χ1n) is 17.4. The average molecular weight is 796 g/mol. The SMILES string of the molecule is CS(=O)(=O)n1cc2c(n1)CN([C@H]1CO[C@H](c3cc(F)ccc3F)[C@@H](N)C1)C2.C[C@H]1C[C@@H](N2Cc3cn(S(C)(=O)=O)nc3C2)CO[C@@H]1c1cc(F)ccc1F. The fourth-order valence-electron chi connectivity index (χ4n) is 7.70. The summed E-state index contributed by atoms with van der Waals surface area (Å²) in [6.07, 6.45) is 5.46. The van der Waals surface area contributed by atoms with Gasteiger partial charge in [-0.1, -0.05) is 6.92 Å². The van der Waals surface area contributed by atoms with Crippen LogP contribution in [0.4, 0.5) is 17.6 Å². The number of ether oxygens (including phenoxy) is 2. The molecule has 4 aliphatic rings. The predicted octanol–water partition coefficient (Wildman–Crippen LogP) is 3.59. The summed E-state index contributed by atoms with van der Waals surface area (Å²) in [6.45, 7) is 4.90. The van der Waals surface area contributed by atoms with E-state index in [2.05, 4.69) is 20.0 Å². The maximum Gasteiger partial charge on any atom is 0.250 e. The van der Waals surface area contributed by atoms with E-state index in [-0.39, 0.29) is 29.1 Å². The van der Waals surface area contributed by atoms with E-state index in [4.69, 9.17) is 15.2 Å². The van der Waals surface area contributed by atoms with Gasteiger partial charge in [0.1, 0.15) is 29.4 Å². The molecule has 0 unspecified atom stereocenters. The molecule has 2 aromatic heterocycles. The molecule has 292 valence electrons. The molecule has 4 aromatic rings. The van der Waals surface area contributed by atoms with Crippen LogP contribution in [-0.4, -0.2) is 88.9 Å². The van der Waals surface area contributed by atoms with E-state index in [1.165, 1.54) is 12.3 Å². The Morgan fingerprint density at radius 2 is 1.13 bits per heavy atom. The van der Waals surface area contributed by atoms with E-state index in [9.17, 15) is 34.4 Å². The number of aromatic nitrogens is 4. The minimum Gasteiger partial charge on any atom is -0.372 e. The Morgan fingerprint density at radius 1 is 0.685 bits per heavy atom. The third-order valence-electron chi connectivity index (χ3n) is 10.4. The maximum absolute atomic E-state index is 14.1. The van der Waals surface area contributed by atoms with Gasteiger partial charge in [-0.25, -0.2) is 34.4 Å². The van der Waals surface area contributed by atoms with Gasteiger partial charge in [-0.2, -0.15) is 18.4 Å². The highest BCUT2D eigenvalue weighted by Gasteiger charge is 2.39. The van der Waals surface area contributed by atoms with Crippen LogP contribution in [0.2, 0.25) is 0 Å². The van der Waals surface area contributed by atoms with E-state index in [1.807, 2.05) is 6.92 Å². The quantitative estimate of drug-likeness (QED) is 0.285. The Labute approximate surface area is 310 Å². The minimum atomic E-state index is -3.40. The van der Waals surface area contributed by atoms with Gasteiger partial charge in [-0.15, -0.1) is 0 Å². The lowest BCUT2D eigenvalue weighted by atomic mass is 9.88. The van der Waals surface area contributed by atoms with Crippen molar-refractivity contribution in [3.63, 3.8) is 0 Å². The summed E-state index contributed by atoms with van der Waals surface area (Å²) in [5.74, 6) is -1.98. The monoisotopic (exact) mass is 795 g/mol. The summed E-state index contributed by atoms with van der Waals surface area (Å²) in [7, 11) is -6.78. The molecule has 0 saturated carbocycles. The highest BCUT2D eigenvalue weighted by atomic mass is 32.2. The minimum absolute atomic E-state index is 0.00578. The average Bonchev–Trinajstić information content (AvgIpc) is 3.87. The van der Waals surface area contributed by atoms with Crippen molar-refractivity contribution in [2.24, 2.45) is 11.7 Å². The van der Waals surface area contributed by atoms with Crippen LogP contribution < -0.4 is 5.73 Å². The second-order valence-electron chi connectivity index (χ2n) is 14.5. The van der Waals surface area contributed by atoms with Crippen molar-refractivity contribution in [2.45, 2.75) is 76.3 Å². The zero-order chi connectivity index (χ0) is 38.7. The Balaban J connectivity index is 0.000000167. The second kappa shape index (κ2) is 14.7. The summed E-state index contributed by atoms with van der Waals surface area (Å²) in [5, 5.41) is 8.30. The van der Waals surface area contributed by atoms with Crippen LogP contribution in [0.25, 0.3) is 0 Å². The molecular weight excluding hydrogens is 755 g/mol. The largest absolute Gasteiger partial charge is 0.372 e. The second-order valence-corrected chi connectivity index (χ2v) is 18.2. The number of nitrogens with zero attached hydrogens (tertiary/aromatic N) is 6. The van der Waals surface area contributed by atoms with Gasteiger partial charge in [0.25, 0.3) is 20.0 Å². The summed E-state index contributed by atoms with van der Waals surface area (Å²) in [4.78, 5) is 4.31. The number of fused-ring (bicyclic) bond motifs is 2. The van der Waals surface area contributed by atoms with Crippen molar-refractivity contribution < 1.29 is 43.9 Å². The highest BCUT2D eigenvalue weighted by molar-refractivity contribution is 7.89. The number of benzene rings is 2. The number of hydrogen-bond acceptors (Lipinski definition) is 11. The topological polar surface area (TPSA) is 155 Å². The summed E-state index contributed by atoms with van der Waals surface area (Å²) in [5.41, 5.74) is 9.82.